The van der Waals surface area contributed by atoms with Crippen LogP contribution >= 0.6 is 0 Å². The predicted molar refractivity (Wildman–Crippen MR) is 127 cm³/mol. The summed E-state index contributed by atoms with van der Waals surface area (Å²) in [5.74, 6) is 0.497. The summed E-state index contributed by atoms with van der Waals surface area (Å²) in [6, 6.07) is 28.2. The highest BCUT2D eigenvalue weighted by molar-refractivity contribution is 5.96. The minimum Gasteiger partial charge on any atom is -0.496 e. The molecule has 0 saturated heterocycles. The number of para-hydroxylation sites is 1. The van der Waals surface area contributed by atoms with E-state index in [1.807, 2.05) is 42.5 Å². The molecule has 0 bridgehead atoms. The van der Waals surface area contributed by atoms with Crippen molar-refractivity contribution in [3.63, 3.8) is 0 Å². The van der Waals surface area contributed by atoms with Crippen molar-refractivity contribution in [2.45, 2.75) is 43.8 Å². The zero-order valence-electron chi connectivity index (χ0n) is 18.6. The van der Waals surface area contributed by atoms with Crippen LogP contribution in [-0.2, 0) is 16.8 Å². The van der Waals surface area contributed by atoms with Gasteiger partial charge in [-0.3, -0.25) is 4.79 Å². The van der Waals surface area contributed by atoms with Gasteiger partial charge >= 0.3 is 0 Å². The average Bonchev–Trinajstić information content (AvgIpc) is 2.88. The van der Waals surface area contributed by atoms with Gasteiger partial charge in [0.05, 0.1) is 25.4 Å². The van der Waals surface area contributed by atoms with Gasteiger partial charge in [-0.1, -0.05) is 72.8 Å². The highest BCUT2D eigenvalue weighted by Crippen LogP contribution is 2.40. The first-order valence-electron chi connectivity index (χ1n) is 11.3. The highest BCUT2D eigenvalue weighted by atomic mass is 16.5. The first-order chi connectivity index (χ1) is 15.7. The van der Waals surface area contributed by atoms with Crippen LogP contribution in [0.5, 0.6) is 5.75 Å². The maximum Gasteiger partial charge on any atom is 0.255 e. The Morgan fingerprint density at radius 2 is 1.53 bits per heavy atom. The maximum absolute atomic E-state index is 12.9. The van der Waals surface area contributed by atoms with Gasteiger partial charge in [0.2, 0.25) is 0 Å². The number of methoxy groups -OCH3 is 1. The third-order valence-corrected chi connectivity index (χ3v) is 6.54. The molecule has 0 unspecified atom stereocenters. The molecule has 4 heteroatoms. The Kier molecular flexibility index (Phi) is 7.23. The van der Waals surface area contributed by atoms with Crippen LogP contribution in [0.15, 0.2) is 84.9 Å². The minimum absolute atomic E-state index is 0.0917. The van der Waals surface area contributed by atoms with E-state index in [-0.39, 0.29) is 17.4 Å². The van der Waals surface area contributed by atoms with E-state index < -0.39 is 0 Å². The Labute approximate surface area is 190 Å². The van der Waals surface area contributed by atoms with E-state index >= 15 is 0 Å². The summed E-state index contributed by atoms with van der Waals surface area (Å²) in [5, 5.41) is 3.20. The number of rotatable bonds is 8. The van der Waals surface area contributed by atoms with Crippen LogP contribution in [0.25, 0.3) is 0 Å². The van der Waals surface area contributed by atoms with E-state index in [9.17, 15) is 4.79 Å². The maximum atomic E-state index is 12.9. The number of nitrogens with one attached hydrogen (secondary N) is 1. The zero-order valence-corrected chi connectivity index (χ0v) is 18.6. The van der Waals surface area contributed by atoms with Gasteiger partial charge in [0, 0.05) is 12.0 Å². The predicted octanol–water partition coefficient (Wildman–Crippen LogP) is 5.52. The highest BCUT2D eigenvalue weighted by Gasteiger charge is 2.37. The normalized spacial score (nSPS) is 20.5. The van der Waals surface area contributed by atoms with Crippen LogP contribution in [0.4, 0.5) is 0 Å². The van der Waals surface area contributed by atoms with Gasteiger partial charge in [0.25, 0.3) is 5.91 Å². The summed E-state index contributed by atoms with van der Waals surface area (Å²) in [7, 11) is 1.59. The molecule has 1 amide bonds. The zero-order chi connectivity index (χ0) is 22.2. The fourth-order valence-electron chi connectivity index (χ4n) is 4.64. The van der Waals surface area contributed by atoms with E-state index in [2.05, 4.69) is 41.7 Å². The molecule has 0 heterocycles. The molecule has 32 heavy (non-hydrogen) atoms. The minimum atomic E-state index is -0.0970. The fourth-order valence-corrected chi connectivity index (χ4v) is 4.64. The third-order valence-electron chi connectivity index (χ3n) is 6.54. The van der Waals surface area contributed by atoms with Crippen molar-refractivity contribution in [3.05, 3.63) is 102 Å². The van der Waals surface area contributed by atoms with Crippen molar-refractivity contribution < 1.29 is 14.3 Å². The molecule has 4 rings (SSSR count). The fraction of sp³-hybridized carbons (Fsp3) is 0.321. The number of ether oxygens (including phenoxy) is 2. The first kappa shape index (κ1) is 22.1. The van der Waals surface area contributed by atoms with E-state index in [0.29, 0.717) is 24.5 Å². The van der Waals surface area contributed by atoms with Gasteiger partial charge < -0.3 is 14.8 Å². The Morgan fingerprint density at radius 1 is 0.906 bits per heavy atom. The van der Waals surface area contributed by atoms with Crippen molar-refractivity contribution in [1.29, 1.82) is 0 Å². The molecule has 4 nitrogen and oxygen atoms in total. The molecule has 0 spiro atoms. The second-order valence-electron chi connectivity index (χ2n) is 8.53. The first-order valence-corrected chi connectivity index (χ1v) is 11.3. The van der Waals surface area contributed by atoms with Gasteiger partial charge in [-0.05, 0) is 48.9 Å². The van der Waals surface area contributed by atoms with Crippen LogP contribution in [-0.4, -0.2) is 25.7 Å². The molecular formula is C28H31NO3. The summed E-state index contributed by atoms with van der Waals surface area (Å²) in [5.41, 5.74) is 2.96. The quantitative estimate of drug-likeness (QED) is 0.513. The van der Waals surface area contributed by atoms with E-state index in [1.54, 1.807) is 13.2 Å². The molecule has 1 aliphatic rings. The number of hydrogen-bond donors (Lipinski definition) is 1. The topological polar surface area (TPSA) is 47.6 Å². The number of carbonyl (C=O) groups excluding carboxylic acids is 1. The van der Waals surface area contributed by atoms with Crippen molar-refractivity contribution >= 4 is 5.91 Å². The number of hydrogen-bond acceptors (Lipinski definition) is 3. The van der Waals surface area contributed by atoms with Crippen LogP contribution < -0.4 is 10.1 Å². The average molecular weight is 430 g/mol. The largest absolute Gasteiger partial charge is 0.496 e. The van der Waals surface area contributed by atoms with Crippen LogP contribution in [0.1, 0.15) is 47.2 Å². The van der Waals surface area contributed by atoms with Crippen molar-refractivity contribution in [3.8, 4) is 5.75 Å². The van der Waals surface area contributed by atoms with Crippen LogP contribution in [0, 0.1) is 0 Å². The Balaban J connectivity index is 1.43. The van der Waals surface area contributed by atoms with Crippen LogP contribution in [0.2, 0.25) is 0 Å². The smallest absolute Gasteiger partial charge is 0.255 e. The van der Waals surface area contributed by atoms with Crippen molar-refractivity contribution in [2.24, 2.45) is 0 Å². The summed E-state index contributed by atoms with van der Waals surface area (Å²) in [6.07, 6.45) is 4.15. The molecule has 1 saturated carbocycles. The molecule has 0 radical (unpaired) electrons. The van der Waals surface area contributed by atoms with Crippen molar-refractivity contribution in [1.82, 2.24) is 5.32 Å². The van der Waals surface area contributed by atoms with Gasteiger partial charge in [-0.2, -0.15) is 0 Å². The second-order valence-corrected chi connectivity index (χ2v) is 8.53. The Bertz CT molecular complexity index is 995. The third kappa shape index (κ3) is 5.20. The summed E-state index contributed by atoms with van der Waals surface area (Å²) >= 11 is 0. The van der Waals surface area contributed by atoms with Crippen LogP contribution in [0.3, 0.4) is 0 Å². The summed E-state index contributed by atoms with van der Waals surface area (Å²) < 4.78 is 11.6. The number of carbonyl (C=O) groups is 1. The molecular weight excluding hydrogens is 398 g/mol. The van der Waals surface area contributed by atoms with Gasteiger partial charge in [0.15, 0.2) is 0 Å². The molecule has 3 aromatic carbocycles. The lowest BCUT2D eigenvalue weighted by Crippen LogP contribution is -2.44. The molecule has 1 N–H and O–H groups in total. The molecule has 1 aliphatic carbocycles. The second kappa shape index (κ2) is 10.5. The molecule has 166 valence electrons. The SMILES string of the molecule is COc1ccccc1C(=O)NCC1(c2ccccc2)CCC(OCc2ccccc2)CC1. The standard InChI is InChI=1S/C28H31NO3/c1-31-26-15-9-8-14-25(26)27(30)29-21-28(23-12-6-3-7-13-23)18-16-24(17-19-28)32-20-22-10-4-2-5-11-22/h2-15,24H,16-21H2,1H3,(H,29,30). The molecule has 3 aromatic rings. The van der Waals surface area contributed by atoms with E-state index in [0.717, 1.165) is 25.7 Å². The lowest BCUT2D eigenvalue weighted by atomic mass is 9.68. The Hall–Kier alpha value is -3.11. The monoisotopic (exact) mass is 429 g/mol. The summed E-state index contributed by atoms with van der Waals surface area (Å²) in [4.78, 5) is 12.9. The van der Waals surface area contributed by atoms with E-state index in [1.165, 1.54) is 11.1 Å². The Morgan fingerprint density at radius 3 is 2.22 bits per heavy atom. The molecule has 0 aliphatic heterocycles. The molecule has 1 fully saturated rings. The lowest BCUT2D eigenvalue weighted by Gasteiger charge is -2.41. The van der Waals surface area contributed by atoms with E-state index in [4.69, 9.17) is 9.47 Å². The number of benzene rings is 3. The summed E-state index contributed by atoms with van der Waals surface area (Å²) in [6.45, 7) is 1.24. The van der Waals surface area contributed by atoms with Gasteiger partial charge in [-0.25, -0.2) is 0 Å². The molecule has 0 atom stereocenters. The van der Waals surface area contributed by atoms with Gasteiger partial charge in [-0.15, -0.1) is 0 Å². The lowest BCUT2D eigenvalue weighted by molar-refractivity contribution is 0.00160. The molecule has 0 aromatic heterocycles. The number of amides is 1. The van der Waals surface area contributed by atoms with Gasteiger partial charge in [0.1, 0.15) is 5.75 Å². The van der Waals surface area contributed by atoms with Crippen molar-refractivity contribution in [2.75, 3.05) is 13.7 Å².